The Morgan fingerprint density at radius 1 is 1.13 bits per heavy atom. The maximum absolute atomic E-state index is 13.5. The third kappa shape index (κ3) is 5.82. The number of aliphatic carboxylic acids is 1. The summed E-state index contributed by atoms with van der Waals surface area (Å²) in [7, 11) is 0. The molecule has 0 spiro atoms. The highest BCUT2D eigenvalue weighted by Crippen LogP contribution is 2.41. The molecule has 1 heterocycles. The molecule has 0 radical (unpaired) electrons. The van der Waals surface area contributed by atoms with Crippen molar-refractivity contribution >= 4 is 63.3 Å². The second-order valence-electron chi connectivity index (χ2n) is 6.38. The Labute approximate surface area is 203 Å². The molecule has 0 aliphatic rings. The number of benzene rings is 2. The standard InChI is InChI=1S/C20H13Cl2F3INO3S/c21-16-10(4-8-15(28)29)3-7-14(17(16)22)30-9-13-18(11-1-5-12(26)6-2-11)31-27-19(13)20(23,24)25/h1-3,5-7H,4,8-9H2,(H,28,29). The molecule has 0 unspecified atom stereocenters. The van der Waals surface area contributed by atoms with Crippen LogP contribution in [-0.2, 0) is 24.0 Å². The lowest BCUT2D eigenvalue weighted by atomic mass is 10.1. The summed E-state index contributed by atoms with van der Waals surface area (Å²) < 4.78 is 50.7. The van der Waals surface area contributed by atoms with Gasteiger partial charge in [-0.1, -0.05) is 41.4 Å². The van der Waals surface area contributed by atoms with Crippen LogP contribution in [0.4, 0.5) is 13.2 Å². The van der Waals surface area contributed by atoms with Gasteiger partial charge >= 0.3 is 12.1 Å². The average molecular weight is 602 g/mol. The van der Waals surface area contributed by atoms with Crippen LogP contribution in [0.25, 0.3) is 10.4 Å². The minimum atomic E-state index is -4.64. The summed E-state index contributed by atoms with van der Waals surface area (Å²) >= 11 is 15.3. The van der Waals surface area contributed by atoms with E-state index in [-0.39, 0.29) is 34.2 Å². The molecule has 1 aromatic heterocycles. The molecule has 1 N–H and O–H groups in total. The first-order valence-electron chi connectivity index (χ1n) is 8.71. The number of nitrogens with zero attached hydrogens (tertiary/aromatic N) is 1. The number of aryl methyl sites for hydroxylation is 1. The molecule has 11 heteroatoms. The summed E-state index contributed by atoms with van der Waals surface area (Å²) in [5.74, 6) is -0.890. The summed E-state index contributed by atoms with van der Waals surface area (Å²) in [6.07, 6.45) is -4.61. The average Bonchev–Trinajstić information content (AvgIpc) is 3.13. The molecule has 31 heavy (non-hydrogen) atoms. The number of aromatic nitrogens is 1. The zero-order chi connectivity index (χ0) is 22.8. The molecule has 0 saturated heterocycles. The number of carboxylic acids is 1. The fourth-order valence-corrected chi connectivity index (χ4v) is 4.51. The van der Waals surface area contributed by atoms with E-state index < -0.39 is 24.4 Å². The molecule has 0 fully saturated rings. The molecule has 164 valence electrons. The second-order valence-corrected chi connectivity index (χ2v) is 9.15. The van der Waals surface area contributed by atoms with Gasteiger partial charge in [-0.3, -0.25) is 4.79 Å². The number of hydrogen-bond donors (Lipinski definition) is 1. The van der Waals surface area contributed by atoms with Crippen LogP contribution < -0.4 is 4.74 Å². The smallest absolute Gasteiger partial charge is 0.434 e. The van der Waals surface area contributed by atoms with Crippen molar-refractivity contribution in [2.75, 3.05) is 0 Å². The van der Waals surface area contributed by atoms with Gasteiger partial charge in [0.1, 0.15) is 17.4 Å². The zero-order valence-corrected chi connectivity index (χ0v) is 20.0. The Balaban J connectivity index is 1.90. The highest BCUT2D eigenvalue weighted by molar-refractivity contribution is 14.1. The quantitative estimate of drug-likeness (QED) is 0.288. The Kier molecular flexibility index (Phi) is 7.72. The Morgan fingerprint density at radius 2 is 1.81 bits per heavy atom. The van der Waals surface area contributed by atoms with Crippen molar-refractivity contribution in [1.29, 1.82) is 0 Å². The normalized spacial score (nSPS) is 11.5. The van der Waals surface area contributed by atoms with Crippen molar-refractivity contribution < 1.29 is 27.8 Å². The SMILES string of the molecule is O=C(O)CCc1ccc(OCc2c(C(F)(F)F)nsc2-c2ccc(I)cc2)c(Cl)c1Cl. The molecular weight excluding hydrogens is 589 g/mol. The Bertz CT molecular complexity index is 1100. The minimum Gasteiger partial charge on any atom is -0.487 e. The van der Waals surface area contributed by atoms with E-state index in [0.29, 0.717) is 16.0 Å². The maximum atomic E-state index is 13.5. The van der Waals surface area contributed by atoms with Gasteiger partial charge in [-0.2, -0.15) is 17.5 Å². The second kappa shape index (κ2) is 9.93. The molecule has 4 nitrogen and oxygen atoms in total. The predicted octanol–water partition coefficient (Wildman–Crippen LogP) is 7.34. The van der Waals surface area contributed by atoms with Gasteiger partial charge in [0.2, 0.25) is 0 Å². The number of alkyl halides is 3. The molecule has 0 bridgehead atoms. The molecule has 3 rings (SSSR count). The number of ether oxygens (including phenoxy) is 1. The number of carboxylic acid groups (broad SMARTS) is 1. The van der Waals surface area contributed by atoms with Crippen LogP contribution in [0.3, 0.4) is 0 Å². The largest absolute Gasteiger partial charge is 0.487 e. The summed E-state index contributed by atoms with van der Waals surface area (Å²) in [5, 5.41) is 8.93. The first-order chi connectivity index (χ1) is 14.6. The lowest BCUT2D eigenvalue weighted by Crippen LogP contribution is -2.11. The van der Waals surface area contributed by atoms with Crippen LogP contribution in [0.15, 0.2) is 36.4 Å². The number of halogens is 6. The highest BCUT2D eigenvalue weighted by atomic mass is 127. The fraction of sp³-hybridized carbons (Fsp3) is 0.200. The first kappa shape index (κ1) is 24.1. The minimum absolute atomic E-state index is 0.0112. The van der Waals surface area contributed by atoms with E-state index >= 15 is 0 Å². The highest BCUT2D eigenvalue weighted by Gasteiger charge is 2.38. The maximum Gasteiger partial charge on any atom is 0.434 e. The van der Waals surface area contributed by atoms with Crippen molar-refractivity contribution in [2.24, 2.45) is 0 Å². The number of carbonyl (C=O) groups is 1. The lowest BCUT2D eigenvalue weighted by Gasteiger charge is -2.14. The van der Waals surface area contributed by atoms with Crippen molar-refractivity contribution in [2.45, 2.75) is 25.6 Å². The van der Waals surface area contributed by atoms with E-state index in [2.05, 4.69) is 27.0 Å². The van der Waals surface area contributed by atoms with Crippen molar-refractivity contribution in [3.05, 3.63) is 66.8 Å². The molecule has 0 atom stereocenters. The zero-order valence-electron chi connectivity index (χ0n) is 15.5. The van der Waals surface area contributed by atoms with Crippen molar-refractivity contribution in [3.8, 4) is 16.2 Å². The monoisotopic (exact) mass is 601 g/mol. The molecular formula is C20H13Cl2F3INO3S. The fourth-order valence-electron chi connectivity index (χ4n) is 2.76. The summed E-state index contributed by atoms with van der Waals surface area (Å²) in [4.78, 5) is 11.1. The van der Waals surface area contributed by atoms with Crippen LogP contribution in [0, 0.1) is 3.57 Å². The van der Waals surface area contributed by atoms with E-state index in [9.17, 15) is 18.0 Å². The van der Waals surface area contributed by atoms with Gasteiger partial charge in [0.15, 0.2) is 5.69 Å². The van der Waals surface area contributed by atoms with Crippen LogP contribution in [0.1, 0.15) is 23.2 Å². The van der Waals surface area contributed by atoms with Crippen LogP contribution in [-0.4, -0.2) is 15.4 Å². The van der Waals surface area contributed by atoms with Crippen molar-refractivity contribution in [3.63, 3.8) is 0 Å². The van der Waals surface area contributed by atoms with Crippen LogP contribution in [0.5, 0.6) is 5.75 Å². The first-order valence-corrected chi connectivity index (χ1v) is 11.3. The molecule has 0 aliphatic carbocycles. The third-order valence-electron chi connectivity index (χ3n) is 4.27. The summed E-state index contributed by atoms with van der Waals surface area (Å²) in [6.45, 7) is -0.419. The molecule has 0 amide bonds. The van der Waals surface area contributed by atoms with E-state index in [1.807, 2.05) is 0 Å². The summed E-state index contributed by atoms with van der Waals surface area (Å²) in [6, 6.07) is 10.0. The van der Waals surface area contributed by atoms with E-state index in [1.165, 1.54) is 6.07 Å². The van der Waals surface area contributed by atoms with Gasteiger partial charge in [-0.15, -0.1) is 0 Å². The van der Waals surface area contributed by atoms with Gasteiger partial charge in [-0.05, 0) is 69.9 Å². The van der Waals surface area contributed by atoms with Gasteiger partial charge in [0.05, 0.1) is 9.90 Å². The van der Waals surface area contributed by atoms with Crippen LogP contribution >= 0.6 is 57.3 Å². The van der Waals surface area contributed by atoms with Gasteiger partial charge in [0.25, 0.3) is 0 Å². The number of hydrogen-bond acceptors (Lipinski definition) is 4. The lowest BCUT2D eigenvalue weighted by molar-refractivity contribution is -0.141. The Hall–Kier alpha value is -1.56. The third-order valence-corrected chi connectivity index (χ3v) is 6.83. The van der Waals surface area contributed by atoms with Gasteiger partial charge in [0, 0.05) is 15.6 Å². The summed E-state index contributed by atoms with van der Waals surface area (Å²) in [5.41, 5.74) is 0.00142. The van der Waals surface area contributed by atoms with Crippen LogP contribution in [0.2, 0.25) is 10.0 Å². The van der Waals surface area contributed by atoms with Gasteiger partial charge in [-0.25, -0.2) is 0 Å². The van der Waals surface area contributed by atoms with E-state index in [1.54, 1.807) is 30.3 Å². The Morgan fingerprint density at radius 3 is 2.42 bits per heavy atom. The molecule has 0 aliphatic heterocycles. The van der Waals surface area contributed by atoms with Gasteiger partial charge < -0.3 is 9.84 Å². The molecule has 0 saturated carbocycles. The number of rotatable bonds is 7. The topological polar surface area (TPSA) is 59.4 Å². The van der Waals surface area contributed by atoms with Crippen molar-refractivity contribution in [1.82, 2.24) is 4.37 Å². The predicted molar refractivity (Wildman–Crippen MR) is 122 cm³/mol. The molecule has 3 aromatic rings. The van der Waals surface area contributed by atoms with E-state index in [4.69, 9.17) is 33.0 Å². The molecule has 2 aromatic carbocycles. The van der Waals surface area contributed by atoms with E-state index in [0.717, 1.165) is 15.1 Å².